The first-order valence-electron chi connectivity index (χ1n) is 9.32. The Balaban J connectivity index is 1.47. The van der Waals surface area contributed by atoms with Crippen LogP contribution in [0.3, 0.4) is 0 Å². The Kier molecular flexibility index (Phi) is 6.27. The van der Waals surface area contributed by atoms with Gasteiger partial charge in [-0.3, -0.25) is 0 Å². The molecule has 0 saturated heterocycles. The summed E-state index contributed by atoms with van der Waals surface area (Å²) in [6.45, 7) is 1.29. The molecular weight excluding hydrogens is 404 g/mol. The van der Waals surface area contributed by atoms with Crippen LogP contribution in [0.25, 0.3) is 11.0 Å². The molecule has 0 saturated carbocycles. The summed E-state index contributed by atoms with van der Waals surface area (Å²) in [6, 6.07) is 23.7. The molecule has 0 aliphatic heterocycles. The average Bonchev–Trinajstić information content (AvgIpc) is 3.11. The zero-order valence-electron chi connectivity index (χ0n) is 16.0. The van der Waals surface area contributed by atoms with Crippen molar-refractivity contribution in [1.82, 2.24) is 9.55 Å². The summed E-state index contributed by atoms with van der Waals surface area (Å²) < 4.78 is 13.4. The number of ether oxygens (including phenoxy) is 2. The second-order valence-corrected chi connectivity index (χ2v) is 7.92. The van der Waals surface area contributed by atoms with E-state index in [9.17, 15) is 0 Å². The zero-order chi connectivity index (χ0) is 20.1. The molecular formula is C23H21ClN2O2S. The lowest BCUT2D eigenvalue weighted by molar-refractivity contribution is 0.298. The number of fused-ring (bicyclic) bond motifs is 1. The molecule has 4 nitrogen and oxygen atoms in total. The molecule has 1 aromatic heterocycles. The second kappa shape index (κ2) is 9.25. The molecule has 0 bridgehead atoms. The van der Waals surface area contributed by atoms with E-state index in [4.69, 9.17) is 26.1 Å². The third-order valence-electron chi connectivity index (χ3n) is 4.56. The molecule has 4 rings (SSSR count). The van der Waals surface area contributed by atoms with Crippen LogP contribution < -0.4 is 9.47 Å². The molecule has 0 amide bonds. The number of hydrogen-bond donors (Lipinski definition) is 0. The van der Waals surface area contributed by atoms with Crippen molar-refractivity contribution in [1.29, 1.82) is 0 Å². The number of hydrogen-bond acceptors (Lipinski definition) is 4. The smallest absolute Gasteiger partial charge is 0.120 e. The topological polar surface area (TPSA) is 36.3 Å². The number of methoxy groups -OCH3 is 1. The predicted octanol–water partition coefficient (Wildman–Crippen LogP) is 6.07. The Bertz CT molecular complexity index is 1080. The van der Waals surface area contributed by atoms with Gasteiger partial charge in [0.15, 0.2) is 0 Å². The van der Waals surface area contributed by atoms with Gasteiger partial charge in [0.2, 0.25) is 0 Å². The summed E-state index contributed by atoms with van der Waals surface area (Å²) in [5.74, 6) is 3.45. The van der Waals surface area contributed by atoms with Crippen molar-refractivity contribution in [2.24, 2.45) is 0 Å². The molecule has 148 valence electrons. The highest BCUT2D eigenvalue weighted by Gasteiger charge is 2.11. The predicted molar refractivity (Wildman–Crippen MR) is 119 cm³/mol. The minimum Gasteiger partial charge on any atom is -0.497 e. The minimum absolute atomic E-state index is 0.561. The van der Waals surface area contributed by atoms with Gasteiger partial charge in [-0.1, -0.05) is 23.7 Å². The van der Waals surface area contributed by atoms with E-state index in [0.29, 0.717) is 6.61 Å². The van der Waals surface area contributed by atoms with Gasteiger partial charge in [-0.05, 0) is 60.7 Å². The van der Waals surface area contributed by atoms with Gasteiger partial charge < -0.3 is 14.0 Å². The normalized spacial score (nSPS) is 11.0. The summed E-state index contributed by atoms with van der Waals surface area (Å²) in [6.07, 6.45) is 0. The maximum atomic E-state index is 5.99. The van der Waals surface area contributed by atoms with E-state index < -0.39 is 0 Å². The van der Waals surface area contributed by atoms with Crippen molar-refractivity contribution in [2.45, 2.75) is 17.2 Å². The molecule has 0 spiro atoms. The van der Waals surface area contributed by atoms with Gasteiger partial charge >= 0.3 is 0 Å². The fourth-order valence-electron chi connectivity index (χ4n) is 3.09. The summed E-state index contributed by atoms with van der Waals surface area (Å²) in [7, 11) is 1.66. The van der Waals surface area contributed by atoms with Crippen LogP contribution in [0.15, 0.2) is 77.7 Å². The molecule has 0 fully saturated rings. The largest absolute Gasteiger partial charge is 0.497 e. The summed E-state index contributed by atoms with van der Waals surface area (Å²) in [5.41, 5.74) is 2.13. The molecule has 0 atom stereocenters. The number of thioether (sulfide) groups is 1. The molecule has 6 heteroatoms. The number of halogens is 1. The third kappa shape index (κ3) is 4.86. The third-order valence-corrected chi connectivity index (χ3v) is 5.82. The standard InChI is InChI=1S/C23H21ClN2O2S/c1-27-18-8-10-19(11-9-18)28-15-14-26-22-5-3-2-4-21(22)25-23(26)16-29-20-12-6-17(24)7-13-20/h2-13H,14-16H2,1H3. The van der Waals surface area contributed by atoms with Gasteiger partial charge in [-0.25, -0.2) is 4.98 Å². The number of benzene rings is 3. The van der Waals surface area contributed by atoms with E-state index in [1.807, 2.05) is 66.7 Å². The number of nitrogens with zero attached hydrogens (tertiary/aromatic N) is 2. The van der Waals surface area contributed by atoms with E-state index >= 15 is 0 Å². The van der Waals surface area contributed by atoms with Crippen molar-refractivity contribution < 1.29 is 9.47 Å². The van der Waals surface area contributed by atoms with Crippen molar-refractivity contribution >= 4 is 34.4 Å². The maximum absolute atomic E-state index is 5.99. The molecule has 29 heavy (non-hydrogen) atoms. The van der Waals surface area contributed by atoms with Gasteiger partial charge in [-0.2, -0.15) is 0 Å². The molecule has 0 unspecified atom stereocenters. The van der Waals surface area contributed by atoms with E-state index in [-0.39, 0.29) is 0 Å². The summed E-state index contributed by atoms with van der Waals surface area (Å²) in [5, 5.41) is 0.747. The molecule has 1 heterocycles. The number of para-hydroxylation sites is 2. The highest BCUT2D eigenvalue weighted by molar-refractivity contribution is 7.98. The Morgan fingerprint density at radius 2 is 1.66 bits per heavy atom. The van der Waals surface area contributed by atoms with Crippen LogP contribution in [0.1, 0.15) is 5.82 Å². The van der Waals surface area contributed by atoms with Crippen LogP contribution in [0.5, 0.6) is 11.5 Å². The Morgan fingerprint density at radius 3 is 2.41 bits per heavy atom. The monoisotopic (exact) mass is 424 g/mol. The molecule has 0 radical (unpaired) electrons. The lowest BCUT2D eigenvalue weighted by atomic mass is 10.3. The number of aromatic nitrogens is 2. The Morgan fingerprint density at radius 1 is 0.931 bits per heavy atom. The lowest BCUT2D eigenvalue weighted by Crippen LogP contribution is -2.10. The minimum atomic E-state index is 0.561. The van der Waals surface area contributed by atoms with Crippen LogP contribution in [0.4, 0.5) is 0 Å². The molecule has 0 aliphatic rings. The lowest BCUT2D eigenvalue weighted by Gasteiger charge is -2.11. The van der Waals surface area contributed by atoms with E-state index in [1.54, 1.807) is 18.9 Å². The van der Waals surface area contributed by atoms with Gasteiger partial charge in [0.25, 0.3) is 0 Å². The van der Waals surface area contributed by atoms with Crippen molar-refractivity contribution in [2.75, 3.05) is 13.7 Å². The summed E-state index contributed by atoms with van der Waals surface area (Å²) >= 11 is 7.73. The van der Waals surface area contributed by atoms with E-state index in [1.165, 1.54) is 4.90 Å². The van der Waals surface area contributed by atoms with Crippen molar-refractivity contribution in [3.63, 3.8) is 0 Å². The highest BCUT2D eigenvalue weighted by atomic mass is 35.5. The fourth-order valence-corrected chi connectivity index (χ4v) is 4.06. The molecule has 3 aromatic carbocycles. The van der Waals surface area contributed by atoms with Gasteiger partial charge in [0.05, 0.1) is 30.4 Å². The number of rotatable bonds is 8. The van der Waals surface area contributed by atoms with Crippen molar-refractivity contribution in [3.8, 4) is 11.5 Å². The van der Waals surface area contributed by atoms with Crippen LogP contribution in [0, 0.1) is 0 Å². The van der Waals surface area contributed by atoms with Gasteiger partial charge in [0, 0.05) is 9.92 Å². The first-order chi connectivity index (χ1) is 14.2. The fraction of sp³-hybridized carbons (Fsp3) is 0.174. The summed E-state index contributed by atoms with van der Waals surface area (Å²) in [4.78, 5) is 6.01. The van der Waals surface area contributed by atoms with E-state index in [2.05, 4.69) is 10.6 Å². The van der Waals surface area contributed by atoms with Gasteiger partial charge in [0.1, 0.15) is 23.9 Å². The Labute approximate surface area is 179 Å². The molecule has 0 N–H and O–H groups in total. The molecule has 0 aliphatic carbocycles. The van der Waals surface area contributed by atoms with Crippen LogP contribution in [-0.2, 0) is 12.3 Å². The zero-order valence-corrected chi connectivity index (χ0v) is 17.6. The highest BCUT2D eigenvalue weighted by Crippen LogP contribution is 2.26. The SMILES string of the molecule is COc1ccc(OCCn2c(CSc3ccc(Cl)cc3)nc3ccccc32)cc1. The second-order valence-electron chi connectivity index (χ2n) is 6.43. The average molecular weight is 425 g/mol. The number of imidazole rings is 1. The first kappa shape index (κ1) is 19.7. The van der Waals surface area contributed by atoms with Gasteiger partial charge in [-0.15, -0.1) is 11.8 Å². The Hall–Kier alpha value is -2.63. The van der Waals surface area contributed by atoms with Crippen LogP contribution >= 0.6 is 23.4 Å². The van der Waals surface area contributed by atoms with Crippen molar-refractivity contribution in [3.05, 3.63) is 83.6 Å². The van der Waals surface area contributed by atoms with Crippen LogP contribution in [-0.4, -0.2) is 23.3 Å². The van der Waals surface area contributed by atoms with Crippen LogP contribution in [0.2, 0.25) is 5.02 Å². The first-order valence-corrected chi connectivity index (χ1v) is 10.7. The van der Waals surface area contributed by atoms with E-state index in [0.717, 1.165) is 45.7 Å². The molecule has 4 aromatic rings. The maximum Gasteiger partial charge on any atom is 0.120 e. The quantitative estimate of drug-likeness (QED) is 0.321.